The topological polar surface area (TPSA) is 84.7 Å². The van der Waals surface area contributed by atoms with Crippen molar-refractivity contribution in [2.24, 2.45) is 0 Å². The van der Waals surface area contributed by atoms with Crippen LogP contribution in [0.2, 0.25) is 0 Å². The van der Waals surface area contributed by atoms with Crippen molar-refractivity contribution in [2.45, 2.75) is 19.0 Å². The van der Waals surface area contributed by atoms with Gasteiger partial charge in [-0.25, -0.2) is 17.6 Å². The number of para-hydroxylation sites is 1. The molecule has 0 N–H and O–H groups in total. The maximum atomic E-state index is 13.6. The fourth-order valence-corrected chi connectivity index (χ4v) is 5.32. The number of carbonyl (C=O) groups excluding carboxylic acids is 1. The molecule has 0 spiro atoms. The minimum absolute atomic E-state index is 0.0109. The van der Waals surface area contributed by atoms with Gasteiger partial charge in [0.2, 0.25) is 0 Å². The molecule has 150 valence electrons. The first-order chi connectivity index (χ1) is 13.8. The Balaban J connectivity index is 1.75. The van der Waals surface area contributed by atoms with Crippen LogP contribution in [0.1, 0.15) is 22.3 Å². The van der Waals surface area contributed by atoms with Gasteiger partial charge >= 0.3 is 5.63 Å². The number of nitrogens with zero attached hydrogens (tertiary/aromatic N) is 1. The molecule has 0 bridgehead atoms. The minimum Gasteiger partial charge on any atom is -0.422 e. The molecule has 0 aliphatic carbocycles. The maximum absolute atomic E-state index is 13.6. The highest BCUT2D eigenvalue weighted by atomic mass is 32.2. The Morgan fingerprint density at radius 3 is 2.66 bits per heavy atom. The third-order valence-corrected chi connectivity index (χ3v) is 6.77. The van der Waals surface area contributed by atoms with Gasteiger partial charge in [0.25, 0.3) is 5.91 Å². The van der Waals surface area contributed by atoms with Crippen LogP contribution < -0.4 is 5.63 Å². The van der Waals surface area contributed by atoms with Crippen LogP contribution >= 0.6 is 0 Å². The number of rotatable bonds is 4. The van der Waals surface area contributed by atoms with Crippen molar-refractivity contribution in [1.82, 2.24) is 4.90 Å². The van der Waals surface area contributed by atoms with Gasteiger partial charge in [-0.1, -0.05) is 30.3 Å². The van der Waals surface area contributed by atoms with Crippen LogP contribution in [0.15, 0.2) is 63.8 Å². The number of hydrogen-bond acceptors (Lipinski definition) is 5. The van der Waals surface area contributed by atoms with Gasteiger partial charge in [-0.3, -0.25) is 4.79 Å². The van der Waals surface area contributed by atoms with E-state index in [1.165, 1.54) is 29.2 Å². The summed E-state index contributed by atoms with van der Waals surface area (Å²) in [6.07, 6.45) is 0.266. The maximum Gasteiger partial charge on any atom is 0.349 e. The number of halogens is 1. The summed E-state index contributed by atoms with van der Waals surface area (Å²) in [6, 6.07) is 13.4. The molecule has 3 aromatic rings. The average Bonchev–Trinajstić information content (AvgIpc) is 3.04. The van der Waals surface area contributed by atoms with Gasteiger partial charge in [-0.05, 0) is 36.2 Å². The van der Waals surface area contributed by atoms with E-state index in [2.05, 4.69) is 0 Å². The first kappa shape index (κ1) is 19.3. The summed E-state index contributed by atoms with van der Waals surface area (Å²) in [5, 5.41) is 0.584. The number of sulfone groups is 1. The summed E-state index contributed by atoms with van der Waals surface area (Å²) in [6.45, 7) is -0.0109. The lowest BCUT2D eigenvalue weighted by molar-refractivity contribution is 0.0676. The molecule has 1 saturated heterocycles. The lowest BCUT2D eigenvalue weighted by Crippen LogP contribution is -2.42. The van der Waals surface area contributed by atoms with E-state index in [0.29, 0.717) is 16.5 Å². The van der Waals surface area contributed by atoms with Crippen molar-refractivity contribution in [3.05, 3.63) is 82.0 Å². The van der Waals surface area contributed by atoms with Crippen LogP contribution in [-0.2, 0) is 16.4 Å². The van der Waals surface area contributed by atoms with E-state index in [-0.39, 0.29) is 30.0 Å². The summed E-state index contributed by atoms with van der Waals surface area (Å²) < 4.78 is 42.8. The molecule has 1 amide bonds. The molecular weight excluding hydrogens is 397 g/mol. The molecule has 4 rings (SSSR count). The second-order valence-electron chi connectivity index (χ2n) is 7.11. The zero-order chi connectivity index (χ0) is 20.6. The highest BCUT2D eigenvalue weighted by molar-refractivity contribution is 7.91. The van der Waals surface area contributed by atoms with Gasteiger partial charge in [-0.2, -0.15) is 0 Å². The third-order valence-electron chi connectivity index (χ3n) is 5.02. The largest absolute Gasteiger partial charge is 0.422 e. The predicted molar refractivity (Wildman–Crippen MR) is 106 cm³/mol. The van der Waals surface area contributed by atoms with Crippen molar-refractivity contribution in [3.63, 3.8) is 0 Å². The van der Waals surface area contributed by atoms with Gasteiger partial charge < -0.3 is 9.32 Å². The Morgan fingerprint density at radius 2 is 1.93 bits per heavy atom. The molecule has 0 radical (unpaired) electrons. The highest BCUT2D eigenvalue weighted by Crippen LogP contribution is 2.23. The van der Waals surface area contributed by atoms with Gasteiger partial charge in [0, 0.05) is 18.0 Å². The summed E-state index contributed by atoms with van der Waals surface area (Å²) in [5.41, 5.74) is -0.106. The van der Waals surface area contributed by atoms with Crippen LogP contribution in [-0.4, -0.2) is 36.8 Å². The fourth-order valence-electron chi connectivity index (χ4n) is 3.59. The van der Waals surface area contributed by atoms with E-state index in [1.807, 2.05) is 0 Å². The first-order valence-corrected chi connectivity index (χ1v) is 10.9. The summed E-state index contributed by atoms with van der Waals surface area (Å²) in [4.78, 5) is 27.0. The lowest BCUT2D eigenvalue weighted by atomic mass is 10.1. The van der Waals surface area contributed by atoms with Gasteiger partial charge in [-0.15, -0.1) is 0 Å². The lowest BCUT2D eigenvalue weighted by Gasteiger charge is -2.28. The number of benzene rings is 2. The molecule has 8 heteroatoms. The summed E-state index contributed by atoms with van der Waals surface area (Å²) in [7, 11) is -3.27. The molecule has 2 heterocycles. The van der Waals surface area contributed by atoms with E-state index in [9.17, 15) is 22.4 Å². The quantitative estimate of drug-likeness (QED) is 0.612. The normalized spacial score (nSPS) is 18.0. The highest BCUT2D eigenvalue weighted by Gasteiger charge is 2.36. The zero-order valence-electron chi connectivity index (χ0n) is 15.4. The molecule has 1 aliphatic rings. The Labute approximate surface area is 166 Å². The third kappa shape index (κ3) is 4.07. The molecular formula is C21H18FNO5S. The van der Waals surface area contributed by atoms with Crippen LogP contribution in [0, 0.1) is 5.82 Å². The number of hydrogen-bond donors (Lipinski definition) is 0. The number of fused-ring (bicyclic) bond motifs is 1. The van der Waals surface area contributed by atoms with Gasteiger partial charge in [0.15, 0.2) is 9.84 Å². The summed E-state index contributed by atoms with van der Waals surface area (Å²) in [5.74, 6) is -1.31. The molecule has 29 heavy (non-hydrogen) atoms. The SMILES string of the molecule is O=C(c1cc2ccccc2oc1=O)N(Cc1cccc(F)c1)[C@@H]1CCS(=O)(=O)C1. The second kappa shape index (κ2) is 7.44. The van der Waals surface area contributed by atoms with E-state index in [4.69, 9.17) is 4.42 Å². The van der Waals surface area contributed by atoms with Crippen molar-refractivity contribution in [2.75, 3.05) is 11.5 Å². The molecule has 2 aromatic carbocycles. The molecule has 1 aliphatic heterocycles. The predicted octanol–water partition coefficient (Wildman–Crippen LogP) is 2.76. The Bertz CT molecular complexity index is 1250. The Hall–Kier alpha value is -3.00. The van der Waals surface area contributed by atoms with Crippen molar-refractivity contribution < 1.29 is 22.0 Å². The molecule has 0 saturated carbocycles. The minimum atomic E-state index is -3.27. The monoisotopic (exact) mass is 415 g/mol. The molecule has 6 nitrogen and oxygen atoms in total. The first-order valence-electron chi connectivity index (χ1n) is 9.11. The van der Waals surface area contributed by atoms with Crippen LogP contribution in [0.5, 0.6) is 0 Å². The van der Waals surface area contributed by atoms with E-state index < -0.39 is 33.2 Å². The number of amides is 1. The fraction of sp³-hybridized carbons (Fsp3) is 0.238. The number of carbonyl (C=O) groups is 1. The van der Waals surface area contributed by atoms with Crippen LogP contribution in [0.4, 0.5) is 4.39 Å². The van der Waals surface area contributed by atoms with E-state index in [0.717, 1.165) is 0 Å². The molecule has 1 aromatic heterocycles. The molecule has 1 fully saturated rings. The zero-order valence-corrected chi connectivity index (χ0v) is 16.2. The van der Waals surface area contributed by atoms with Crippen molar-refractivity contribution in [1.29, 1.82) is 0 Å². The average molecular weight is 415 g/mol. The van der Waals surface area contributed by atoms with Gasteiger partial charge in [0.1, 0.15) is 17.0 Å². The second-order valence-corrected chi connectivity index (χ2v) is 9.33. The van der Waals surface area contributed by atoms with Crippen LogP contribution in [0.3, 0.4) is 0 Å². The van der Waals surface area contributed by atoms with E-state index >= 15 is 0 Å². The summed E-state index contributed by atoms with van der Waals surface area (Å²) >= 11 is 0. The van der Waals surface area contributed by atoms with Crippen molar-refractivity contribution >= 4 is 26.7 Å². The molecule has 0 unspecified atom stereocenters. The smallest absolute Gasteiger partial charge is 0.349 e. The Morgan fingerprint density at radius 1 is 1.14 bits per heavy atom. The standard InChI is InChI=1S/C21H18FNO5S/c22-16-6-3-4-14(10-16)12-23(17-8-9-29(26,27)13-17)20(24)18-11-15-5-1-2-7-19(15)28-21(18)25/h1-7,10-11,17H,8-9,12-13H2/t17-/m1/s1. The Kier molecular flexibility index (Phi) is 4.96. The van der Waals surface area contributed by atoms with Gasteiger partial charge in [0.05, 0.1) is 11.5 Å². The van der Waals surface area contributed by atoms with E-state index in [1.54, 1.807) is 30.3 Å². The molecule has 1 atom stereocenters. The van der Waals surface area contributed by atoms with Crippen molar-refractivity contribution in [3.8, 4) is 0 Å². The van der Waals surface area contributed by atoms with Crippen LogP contribution in [0.25, 0.3) is 11.0 Å².